The van der Waals surface area contributed by atoms with Gasteiger partial charge in [-0.1, -0.05) is 18.0 Å². The quantitative estimate of drug-likeness (QED) is 0.912. The first-order valence-corrected chi connectivity index (χ1v) is 9.19. The Morgan fingerprint density at radius 1 is 1.35 bits per heavy atom. The Morgan fingerprint density at radius 3 is 2.96 bits per heavy atom. The van der Waals surface area contributed by atoms with Gasteiger partial charge in [-0.2, -0.15) is 0 Å². The van der Waals surface area contributed by atoms with Gasteiger partial charge in [0.15, 0.2) is 0 Å². The van der Waals surface area contributed by atoms with Crippen molar-refractivity contribution in [1.29, 1.82) is 0 Å². The molecule has 23 heavy (non-hydrogen) atoms. The Balaban J connectivity index is 1.38. The van der Waals surface area contributed by atoms with Crippen LogP contribution in [0.1, 0.15) is 38.2 Å². The van der Waals surface area contributed by atoms with Gasteiger partial charge < -0.3 is 10.1 Å². The van der Waals surface area contributed by atoms with Crippen molar-refractivity contribution in [3.63, 3.8) is 0 Å². The topological polar surface area (TPSA) is 38.3 Å². The van der Waals surface area contributed by atoms with E-state index in [1.165, 1.54) is 25.7 Å². The number of amides is 1. The van der Waals surface area contributed by atoms with Gasteiger partial charge in [-0.05, 0) is 74.1 Å². The Morgan fingerprint density at radius 2 is 2.22 bits per heavy atom. The molecule has 2 aliphatic carbocycles. The van der Waals surface area contributed by atoms with E-state index >= 15 is 0 Å². The summed E-state index contributed by atoms with van der Waals surface area (Å²) < 4.78 is 5.75. The Bertz CT molecular complexity index is 617. The lowest BCUT2D eigenvalue weighted by Gasteiger charge is -2.31. The molecule has 4 heteroatoms. The first kappa shape index (κ1) is 15.3. The number of fused-ring (bicyclic) bond motifs is 3. The maximum Gasteiger partial charge on any atom is 0.227 e. The highest BCUT2D eigenvalue weighted by molar-refractivity contribution is 6.30. The van der Waals surface area contributed by atoms with Gasteiger partial charge in [0.05, 0.1) is 5.92 Å². The fraction of sp³-hybridized carbons (Fsp3) is 0.632. The number of carbonyl (C=O) groups excluding carboxylic acids is 1. The summed E-state index contributed by atoms with van der Waals surface area (Å²) in [5, 5.41) is 3.97. The van der Waals surface area contributed by atoms with Gasteiger partial charge in [-0.15, -0.1) is 0 Å². The zero-order valence-corrected chi connectivity index (χ0v) is 14.3. The van der Waals surface area contributed by atoms with Crippen LogP contribution in [0, 0.1) is 23.7 Å². The molecule has 5 unspecified atom stereocenters. The van der Waals surface area contributed by atoms with Crippen molar-refractivity contribution in [2.45, 2.75) is 45.1 Å². The molecule has 5 atom stereocenters. The molecular weight excluding hydrogens is 310 g/mol. The predicted octanol–water partition coefficient (Wildman–Crippen LogP) is 3.83. The lowest BCUT2D eigenvalue weighted by Crippen LogP contribution is -2.45. The van der Waals surface area contributed by atoms with Crippen molar-refractivity contribution in [3.8, 4) is 5.75 Å². The summed E-state index contributed by atoms with van der Waals surface area (Å²) in [6, 6.07) is 5.91. The second-order valence-electron chi connectivity index (χ2n) is 7.60. The molecule has 124 valence electrons. The highest BCUT2D eigenvalue weighted by atomic mass is 35.5. The molecular formula is C19H24ClNO2. The molecule has 3 aliphatic rings. The summed E-state index contributed by atoms with van der Waals surface area (Å²) in [7, 11) is 0. The minimum Gasteiger partial charge on any atom is -0.492 e. The Labute approximate surface area is 142 Å². The number of hydrogen-bond acceptors (Lipinski definition) is 2. The number of benzene rings is 1. The minimum atomic E-state index is -0.109. The Kier molecular flexibility index (Phi) is 4.00. The molecule has 4 rings (SSSR count). The van der Waals surface area contributed by atoms with E-state index in [9.17, 15) is 4.79 Å². The van der Waals surface area contributed by atoms with Crippen LogP contribution in [-0.2, 0) is 11.2 Å². The minimum absolute atomic E-state index is 0.109. The number of nitrogens with one attached hydrogen (secondary N) is 1. The van der Waals surface area contributed by atoms with Crippen LogP contribution in [0.15, 0.2) is 18.2 Å². The van der Waals surface area contributed by atoms with Gasteiger partial charge in [0.2, 0.25) is 5.91 Å². The average Bonchev–Trinajstić information content (AvgIpc) is 3.17. The first-order valence-electron chi connectivity index (χ1n) is 8.81. The fourth-order valence-electron chi connectivity index (χ4n) is 4.89. The van der Waals surface area contributed by atoms with Crippen LogP contribution >= 0.6 is 11.6 Å². The van der Waals surface area contributed by atoms with E-state index < -0.39 is 0 Å². The van der Waals surface area contributed by atoms with Gasteiger partial charge in [0.1, 0.15) is 12.4 Å². The monoisotopic (exact) mass is 333 g/mol. The lowest BCUT2D eigenvalue weighted by molar-refractivity contribution is -0.127. The van der Waals surface area contributed by atoms with E-state index in [1.54, 1.807) is 0 Å². The first-order chi connectivity index (χ1) is 11.1. The number of rotatable bonds is 3. The number of hydrogen-bond donors (Lipinski definition) is 1. The third-order valence-corrected chi connectivity index (χ3v) is 6.34. The molecule has 0 aromatic heterocycles. The summed E-state index contributed by atoms with van der Waals surface area (Å²) in [5.41, 5.74) is 1.04. The van der Waals surface area contributed by atoms with E-state index in [0.717, 1.165) is 23.1 Å². The van der Waals surface area contributed by atoms with Crippen molar-refractivity contribution in [3.05, 3.63) is 28.8 Å². The van der Waals surface area contributed by atoms with Crippen LogP contribution in [0.5, 0.6) is 5.75 Å². The Hall–Kier alpha value is -1.22. The summed E-state index contributed by atoms with van der Waals surface area (Å²) in [4.78, 5) is 12.6. The summed E-state index contributed by atoms with van der Waals surface area (Å²) in [5.74, 6) is 3.30. The lowest BCUT2D eigenvalue weighted by atomic mass is 9.83. The molecule has 3 nitrogen and oxygen atoms in total. The highest BCUT2D eigenvalue weighted by Crippen LogP contribution is 2.49. The van der Waals surface area contributed by atoms with Crippen LogP contribution in [0.25, 0.3) is 0 Å². The van der Waals surface area contributed by atoms with Crippen LogP contribution in [-0.4, -0.2) is 18.6 Å². The summed E-state index contributed by atoms with van der Waals surface area (Å²) in [6.45, 7) is 2.64. The van der Waals surface area contributed by atoms with Gasteiger partial charge in [-0.25, -0.2) is 0 Å². The normalized spacial score (nSPS) is 33.0. The maximum atomic E-state index is 12.6. The smallest absolute Gasteiger partial charge is 0.227 e. The summed E-state index contributed by atoms with van der Waals surface area (Å²) in [6.07, 6.45) is 6.14. The van der Waals surface area contributed by atoms with E-state index in [2.05, 4.69) is 12.2 Å². The SMILES string of the molecule is CC(NC(=O)C1COc2ccc(Cl)cc2C1)C1CC2CCC1C2. The van der Waals surface area contributed by atoms with Crippen molar-refractivity contribution in [2.75, 3.05) is 6.61 Å². The molecule has 1 aliphatic heterocycles. The number of carbonyl (C=O) groups is 1. The molecule has 0 spiro atoms. The molecule has 1 aromatic carbocycles. The third kappa shape index (κ3) is 2.96. The predicted molar refractivity (Wildman–Crippen MR) is 90.7 cm³/mol. The molecule has 1 amide bonds. The van der Waals surface area contributed by atoms with Crippen LogP contribution in [0.2, 0.25) is 5.02 Å². The van der Waals surface area contributed by atoms with Crippen LogP contribution in [0.4, 0.5) is 0 Å². The fourth-order valence-corrected chi connectivity index (χ4v) is 5.08. The van der Waals surface area contributed by atoms with Gasteiger partial charge >= 0.3 is 0 Å². The van der Waals surface area contributed by atoms with Gasteiger partial charge in [0, 0.05) is 11.1 Å². The molecule has 1 heterocycles. The van der Waals surface area contributed by atoms with Crippen molar-refractivity contribution in [1.82, 2.24) is 5.32 Å². The van der Waals surface area contributed by atoms with Gasteiger partial charge in [0.25, 0.3) is 0 Å². The second kappa shape index (κ2) is 6.01. The molecule has 1 aromatic rings. The number of ether oxygens (including phenoxy) is 1. The van der Waals surface area contributed by atoms with E-state index in [-0.39, 0.29) is 17.9 Å². The molecule has 1 N–H and O–H groups in total. The van der Waals surface area contributed by atoms with E-state index in [0.29, 0.717) is 24.0 Å². The van der Waals surface area contributed by atoms with Crippen LogP contribution in [0.3, 0.4) is 0 Å². The maximum absolute atomic E-state index is 12.6. The zero-order chi connectivity index (χ0) is 16.0. The van der Waals surface area contributed by atoms with Crippen molar-refractivity contribution in [2.24, 2.45) is 23.7 Å². The van der Waals surface area contributed by atoms with E-state index in [1.807, 2.05) is 18.2 Å². The van der Waals surface area contributed by atoms with Crippen molar-refractivity contribution < 1.29 is 9.53 Å². The second-order valence-corrected chi connectivity index (χ2v) is 8.04. The highest BCUT2D eigenvalue weighted by Gasteiger charge is 2.42. The van der Waals surface area contributed by atoms with E-state index in [4.69, 9.17) is 16.3 Å². The van der Waals surface area contributed by atoms with Gasteiger partial charge in [-0.3, -0.25) is 4.79 Å². The standard InChI is InChI=1S/C19H24ClNO2/c1-11(17-7-12-2-3-13(17)6-12)21-19(22)15-8-14-9-16(20)4-5-18(14)23-10-15/h4-5,9,11-13,15,17H,2-3,6-8,10H2,1H3,(H,21,22). The largest absolute Gasteiger partial charge is 0.492 e. The molecule has 2 fully saturated rings. The zero-order valence-electron chi connectivity index (χ0n) is 13.6. The van der Waals surface area contributed by atoms with Crippen LogP contribution < -0.4 is 10.1 Å². The van der Waals surface area contributed by atoms with Crippen molar-refractivity contribution >= 4 is 17.5 Å². The molecule has 2 saturated carbocycles. The molecule has 0 saturated heterocycles. The third-order valence-electron chi connectivity index (χ3n) is 6.10. The summed E-state index contributed by atoms with van der Waals surface area (Å²) >= 11 is 6.05. The molecule has 0 radical (unpaired) electrons. The average molecular weight is 334 g/mol. The number of halogens is 1. The molecule has 2 bridgehead atoms.